The first kappa shape index (κ1) is 17.3. The van der Waals surface area contributed by atoms with Crippen molar-refractivity contribution in [1.82, 2.24) is 0 Å². The van der Waals surface area contributed by atoms with Gasteiger partial charge in [0, 0.05) is 23.7 Å². The largest absolute Gasteiger partial charge is 0.495 e. The molecule has 1 saturated heterocycles. The predicted molar refractivity (Wildman–Crippen MR) is 98.3 cm³/mol. The molecular formula is C19H19ClN2O3. The van der Waals surface area contributed by atoms with E-state index in [9.17, 15) is 9.59 Å². The summed E-state index contributed by atoms with van der Waals surface area (Å²) in [5, 5.41) is 3.42. The minimum Gasteiger partial charge on any atom is -0.495 e. The van der Waals surface area contributed by atoms with Crippen molar-refractivity contribution in [3.05, 3.63) is 53.1 Å². The molecule has 3 rings (SSSR count). The van der Waals surface area contributed by atoms with Gasteiger partial charge in [-0.05, 0) is 36.8 Å². The van der Waals surface area contributed by atoms with Gasteiger partial charge in [0.05, 0.1) is 18.7 Å². The zero-order chi connectivity index (χ0) is 18.0. The average molecular weight is 359 g/mol. The molecule has 6 heteroatoms. The summed E-state index contributed by atoms with van der Waals surface area (Å²) in [7, 11) is 1.54. The predicted octanol–water partition coefficient (Wildman–Crippen LogP) is 3.65. The second-order valence-corrected chi connectivity index (χ2v) is 6.46. The van der Waals surface area contributed by atoms with Crippen LogP contribution in [0.1, 0.15) is 12.0 Å². The van der Waals surface area contributed by atoms with Gasteiger partial charge in [-0.3, -0.25) is 9.59 Å². The third-order valence-electron chi connectivity index (χ3n) is 4.33. The summed E-state index contributed by atoms with van der Waals surface area (Å²) in [6.45, 7) is 2.23. The summed E-state index contributed by atoms with van der Waals surface area (Å²) in [5.74, 6) is -0.148. The molecule has 2 aromatic carbocycles. The van der Waals surface area contributed by atoms with Crippen molar-refractivity contribution < 1.29 is 14.3 Å². The van der Waals surface area contributed by atoms with E-state index in [0.717, 1.165) is 11.3 Å². The number of amides is 2. The van der Waals surface area contributed by atoms with Crippen LogP contribution in [-0.2, 0) is 9.59 Å². The Morgan fingerprint density at radius 2 is 2.04 bits per heavy atom. The van der Waals surface area contributed by atoms with Crippen molar-refractivity contribution in [1.29, 1.82) is 0 Å². The van der Waals surface area contributed by atoms with E-state index < -0.39 is 5.92 Å². The molecular weight excluding hydrogens is 340 g/mol. The number of aryl methyl sites for hydroxylation is 1. The van der Waals surface area contributed by atoms with Gasteiger partial charge in [-0.1, -0.05) is 29.8 Å². The molecule has 1 fully saturated rings. The smallest absolute Gasteiger partial charge is 0.229 e. The maximum absolute atomic E-state index is 12.6. The standard InChI is InChI=1S/C19H19ClN2O3/c1-12-5-3-4-6-15(12)21-19(24)13-9-18(23)22(11-13)16-10-14(20)7-8-17(16)25-2/h3-8,10,13H,9,11H2,1-2H3,(H,21,24)/t13-/m1/s1. The average Bonchev–Trinajstić information content (AvgIpc) is 2.98. The van der Waals surface area contributed by atoms with Crippen molar-refractivity contribution >= 4 is 34.8 Å². The molecule has 0 aromatic heterocycles. The zero-order valence-corrected chi connectivity index (χ0v) is 14.8. The summed E-state index contributed by atoms with van der Waals surface area (Å²) in [5.41, 5.74) is 2.33. The Bertz CT molecular complexity index is 822. The molecule has 1 aliphatic rings. The summed E-state index contributed by atoms with van der Waals surface area (Å²) in [6, 6.07) is 12.7. The topological polar surface area (TPSA) is 58.6 Å². The number of halogens is 1. The van der Waals surface area contributed by atoms with Crippen LogP contribution in [0.3, 0.4) is 0 Å². The van der Waals surface area contributed by atoms with Crippen LogP contribution in [0.5, 0.6) is 5.75 Å². The minimum absolute atomic E-state index is 0.120. The van der Waals surface area contributed by atoms with E-state index in [0.29, 0.717) is 23.0 Å². The molecule has 130 valence electrons. The summed E-state index contributed by atoms with van der Waals surface area (Å²) >= 11 is 6.05. The molecule has 0 unspecified atom stereocenters. The van der Waals surface area contributed by atoms with Gasteiger partial charge in [0.25, 0.3) is 0 Å². The van der Waals surface area contributed by atoms with E-state index >= 15 is 0 Å². The van der Waals surface area contributed by atoms with Crippen LogP contribution < -0.4 is 15.0 Å². The number of para-hydroxylation sites is 1. The molecule has 1 atom stereocenters. The summed E-state index contributed by atoms with van der Waals surface area (Å²) < 4.78 is 5.32. The molecule has 25 heavy (non-hydrogen) atoms. The molecule has 0 bridgehead atoms. The van der Waals surface area contributed by atoms with Crippen LogP contribution >= 0.6 is 11.6 Å². The second kappa shape index (κ2) is 7.15. The van der Waals surface area contributed by atoms with Gasteiger partial charge in [-0.25, -0.2) is 0 Å². The van der Waals surface area contributed by atoms with Gasteiger partial charge < -0.3 is 15.0 Å². The van der Waals surface area contributed by atoms with Gasteiger partial charge >= 0.3 is 0 Å². The number of methoxy groups -OCH3 is 1. The number of benzene rings is 2. The highest BCUT2D eigenvalue weighted by Gasteiger charge is 2.36. The maximum Gasteiger partial charge on any atom is 0.229 e. The third kappa shape index (κ3) is 3.61. The number of nitrogens with one attached hydrogen (secondary N) is 1. The molecule has 0 aliphatic carbocycles. The molecule has 0 spiro atoms. The number of ether oxygens (including phenoxy) is 1. The molecule has 1 N–H and O–H groups in total. The Morgan fingerprint density at radius 1 is 1.28 bits per heavy atom. The van der Waals surface area contributed by atoms with Gasteiger partial charge in [-0.2, -0.15) is 0 Å². The molecule has 0 saturated carbocycles. The highest BCUT2D eigenvalue weighted by atomic mass is 35.5. The fraction of sp³-hybridized carbons (Fsp3) is 0.263. The van der Waals surface area contributed by atoms with Gasteiger partial charge in [0.2, 0.25) is 11.8 Å². The lowest BCUT2D eigenvalue weighted by atomic mass is 10.1. The number of hydrogen-bond donors (Lipinski definition) is 1. The normalized spacial score (nSPS) is 16.8. The summed E-state index contributed by atoms with van der Waals surface area (Å²) in [6.07, 6.45) is 0.160. The quantitative estimate of drug-likeness (QED) is 0.907. The first-order valence-electron chi connectivity index (χ1n) is 8.00. The van der Waals surface area contributed by atoms with Crippen molar-refractivity contribution in [2.75, 3.05) is 23.9 Å². The number of carbonyl (C=O) groups excluding carboxylic acids is 2. The van der Waals surface area contributed by atoms with Crippen LogP contribution in [0.25, 0.3) is 0 Å². The van der Waals surface area contributed by atoms with E-state index in [2.05, 4.69) is 5.32 Å². The molecule has 2 aromatic rings. The molecule has 1 aliphatic heterocycles. The monoisotopic (exact) mass is 358 g/mol. The van der Waals surface area contributed by atoms with Crippen LogP contribution in [0.4, 0.5) is 11.4 Å². The first-order valence-corrected chi connectivity index (χ1v) is 8.38. The number of rotatable bonds is 4. The number of nitrogens with zero attached hydrogens (tertiary/aromatic N) is 1. The Kier molecular flexibility index (Phi) is 4.95. The zero-order valence-electron chi connectivity index (χ0n) is 14.1. The highest BCUT2D eigenvalue weighted by molar-refractivity contribution is 6.31. The van der Waals surface area contributed by atoms with Gasteiger partial charge in [0.1, 0.15) is 5.75 Å². The Morgan fingerprint density at radius 3 is 2.76 bits per heavy atom. The van der Waals surface area contributed by atoms with Crippen molar-refractivity contribution in [3.63, 3.8) is 0 Å². The van der Waals surface area contributed by atoms with Crippen molar-refractivity contribution in [2.24, 2.45) is 5.92 Å². The minimum atomic E-state index is -0.421. The molecule has 0 radical (unpaired) electrons. The fourth-order valence-corrected chi connectivity index (χ4v) is 3.10. The maximum atomic E-state index is 12.6. The van der Waals surface area contributed by atoms with E-state index in [1.807, 2.05) is 31.2 Å². The lowest BCUT2D eigenvalue weighted by Gasteiger charge is -2.20. The number of anilines is 2. The van der Waals surface area contributed by atoms with Gasteiger partial charge in [-0.15, -0.1) is 0 Å². The summed E-state index contributed by atoms with van der Waals surface area (Å²) in [4.78, 5) is 26.6. The van der Waals surface area contributed by atoms with E-state index in [1.54, 1.807) is 23.1 Å². The van der Waals surface area contributed by atoms with Crippen LogP contribution in [-0.4, -0.2) is 25.5 Å². The second-order valence-electron chi connectivity index (χ2n) is 6.03. The molecule has 1 heterocycles. The molecule has 2 amide bonds. The number of carbonyl (C=O) groups is 2. The van der Waals surface area contributed by atoms with Crippen molar-refractivity contribution in [3.8, 4) is 5.75 Å². The Balaban J connectivity index is 1.78. The highest BCUT2D eigenvalue weighted by Crippen LogP contribution is 2.35. The van der Waals surface area contributed by atoms with Crippen molar-refractivity contribution in [2.45, 2.75) is 13.3 Å². The van der Waals surface area contributed by atoms with E-state index in [4.69, 9.17) is 16.3 Å². The van der Waals surface area contributed by atoms with Crippen LogP contribution in [0.15, 0.2) is 42.5 Å². The lowest BCUT2D eigenvalue weighted by molar-refractivity contribution is -0.122. The lowest BCUT2D eigenvalue weighted by Crippen LogP contribution is -2.28. The van der Waals surface area contributed by atoms with E-state index in [1.165, 1.54) is 7.11 Å². The number of hydrogen-bond acceptors (Lipinski definition) is 3. The third-order valence-corrected chi connectivity index (χ3v) is 4.57. The fourth-order valence-electron chi connectivity index (χ4n) is 2.94. The van der Waals surface area contributed by atoms with Gasteiger partial charge in [0.15, 0.2) is 0 Å². The Labute approximate surface area is 151 Å². The molecule has 5 nitrogen and oxygen atoms in total. The van der Waals surface area contributed by atoms with E-state index in [-0.39, 0.29) is 18.2 Å². The van der Waals surface area contributed by atoms with Crippen LogP contribution in [0.2, 0.25) is 5.02 Å². The van der Waals surface area contributed by atoms with Crippen LogP contribution in [0, 0.1) is 12.8 Å². The Hall–Kier alpha value is -2.53. The first-order chi connectivity index (χ1) is 12.0. The SMILES string of the molecule is COc1ccc(Cl)cc1N1C[C@H](C(=O)Nc2ccccc2C)CC1=O.